The third-order valence-electron chi connectivity index (χ3n) is 6.27. The van der Waals surface area contributed by atoms with Gasteiger partial charge in [-0.05, 0) is 54.2 Å². The van der Waals surface area contributed by atoms with Crippen molar-refractivity contribution in [3.63, 3.8) is 0 Å². The van der Waals surface area contributed by atoms with Gasteiger partial charge in [-0.3, -0.25) is 9.69 Å². The molecular formula is C20H25NO4. The van der Waals surface area contributed by atoms with Crippen LogP contribution in [-0.2, 0) is 4.79 Å². The fourth-order valence-electron chi connectivity index (χ4n) is 5.08. The topological polar surface area (TPSA) is 59.0 Å². The molecule has 2 fully saturated rings. The number of aliphatic carboxylic acids is 1. The van der Waals surface area contributed by atoms with Crippen molar-refractivity contribution in [2.45, 2.75) is 18.9 Å². The molecule has 0 amide bonds. The average molecular weight is 343 g/mol. The van der Waals surface area contributed by atoms with Crippen molar-refractivity contribution in [1.29, 1.82) is 0 Å². The molecule has 5 heteroatoms. The molecule has 1 aromatic carbocycles. The molecule has 1 aromatic rings. The highest BCUT2D eigenvalue weighted by Gasteiger charge is 2.48. The lowest BCUT2D eigenvalue weighted by molar-refractivity contribution is -0.143. The van der Waals surface area contributed by atoms with E-state index < -0.39 is 12.0 Å². The van der Waals surface area contributed by atoms with E-state index in [2.05, 4.69) is 17.1 Å². The maximum atomic E-state index is 12.1. The maximum Gasteiger partial charge on any atom is 0.325 e. The number of hydrogen-bond donors (Lipinski definition) is 1. The summed E-state index contributed by atoms with van der Waals surface area (Å²) in [5.74, 6) is 2.87. The zero-order valence-corrected chi connectivity index (χ0v) is 14.7. The smallest absolute Gasteiger partial charge is 0.325 e. The van der Waals surface area contributed by atoms with Crippen molar-refractivity contribution in [3.8, 4) is 11.5 Å². The first-order chi connectivity index (χ1) is 12.1. The van der Waals surface area contributed by atoms with E-state index in [9.17, 15) is 9.90 Å². The highest BCUT2D eigenvalue weighted by Crippen LogP contribution is 2.50. The lowest BCUT2D eigenvalue weighted by atomic mass is 9.64. The summed E-state index contributed by atoms with van der Waals surface area (Å²) in [5, 5.41) is 9.96. The summed E-state index contributed by atoms with van der Waals surface area (Å²) in [6.07, 6.45) is 7.23. The van der Waals surface area contributed by atoms with Gasteiger partial charge >= 0.3 is 5.97 Å². The van der Waals surface area contributed by atoms with Gasteiger partial charge in [0.1, 0.15) is 17.5 Å². The minimum atomic E-state index is -0.811. The van der Waals surface area contributed by atoms with Crippen LogP contribution < -0.4 is 9.47 Å². The fraction of sp³-hybridized carbons (Fsp3) is 0.550. The van der Waals surface area contributed by atoms with Crippen LogP contribution in [0.25, 0.3) is 0 Å². The predicted molar refractivity (Wildman–Crippen MR) is 93.8 cm³/mol. The summed E-state index contributed by atoms with van der Waals surface area (Å²) in [6, 6.07) is 4.75. The van der Waals surface area contributed by atoms with Gasteiger partial charge in [-0.15, -0.1) is 0 Å². The monoisotopic (exact) mass is 343 g/mol. The first-order valence-electron chi connectivity index (χ1n) is 8.99. The molecule has 5 rings (SSSR count). The van der Waals surface area contributed by atoms with Crippen LogP contribution in [0, 0.1) is 23.7 Å². The van der Waals surface area contributed by atoms with Crippen molar-refractivity contribution in [2.75, 3.05) is 27.3 Å². The number of fused-ring (bicyclic) bond motifs is 1. The summed E-state index contributed by atoms with van der Waals surface area (Å²) < 4.78 is 10.7. The second kappa shape index (κ2) is 6.37. The molecule has 5 unspecified atom stereocenters. The van der Waals surface area contributed by atoms with Crippen LogP contribution in [0.4, 0.5) is 0 Å². The van der Waals surface area contributed by atoms with E-state index in [1.54, 1.807) is 20.3 Å². The fourth-order valence-corrected chi connectivity index (χ4v) is 5.08. The van der Waals surface area contributed by atoms with Crippen LogP contribution in [-0.4, -0.2) is 43.3 Å². The quantitative estimate of drug-likeness (QED) is 0.833. The minimum absolute atomic E-state index is 0.595. The molecule has 0 radical (unpaired) electrons. The van der Waals surface area contributed by atoms with Crippen molar-refractivity contribution in [2.24, 2.45) is 23.7 Å². The molecule has 0 spiro atoms. The van der Waals surface area contributed by atoms with E-state index >= 15 is 0 Å². The van der Waals surface area contributed by atoms with Crippen molar-refractivity contribution in [3.05, 3.63) is 35.9 Å². The van der Waals surface area contributed by atoms with Gasteiger partial charge in [-0.25, -0.2) is 0 Å². The molecule has 5 nitrogen and oxygen atoms in total. The summed E-state index contributed by atoms with van der Waals surface area (Å²) in [7, 11) is 3.17. The predicted octanol–water partition coefficient (Wildman–Crippen LogP) is 2.97. The van der Waals surface area contributed by atoms with E-state index in [0.29, 0.717) is 35.2 Å². The number of methoxy groups -OCH3 is 2. The Labute approximate surface area is 148 Å². The highest BCUT2D eigenvalue weighted by molar-refractivity contribution is 5.76. The van der Waals surface area contributed by atoms with Gasteiger partial charge in [0.15, 0.2) is 0 Å². The summed E-state index contributed by atoms with van der Waals surface area (Å²) >= 11 is 0. The number of likely N-dealkylation sites (tertiary alicyclic amines) is 1. The van der Waals surface area contributed by atoms with Gasteiger partial charge in [-0.2, -0.15) is 0 Å². The largest absolute Gasteiger partial charge is 0.497 e. The SMILES string of the molecule is COc1cc(OC)cc(C(C(=O)O)N2CC3C4C=CC(CC4)C3C2)c1. The molecular weight excluding hydrogens is 318 g/mol. The van der Waals surface area contributed by atoms with Crippen molar-refractivity contribution >= 4 is 5.97 Å². The number of carboxylic acid groups (broad SMARTS) is 1. The highest BCUT2D eigenvalue weighted by atomic mass is 16.5. The van der Waals surface area contributed by atoms with Gasteiger partial charge in [0, 0.05) is 19.2 Å². The molecule has 134 valence electrons. The molecule has 4 aliphatic rings. The first-order valence-corrected chi connectivity index (χ1v) is 8.99. The van der Waals surface area contributed by atoms with E-state index in [4.69, 9.17) is 9.47 Å². The Morgan fingerprint density at radius 1 is 1.04 bits per heavy atom. The maximum absolute atomic E-state index is 12.1. The van der Waals surface area contributed by atoms with Gasteiger partial charge in [0.2, 0.25) is 0 Å². The molecule has 1 N–H and O–H groups in total. The molecule has 1 aliphatic heterocycles. The van der Waals surface area contributed by atoms with Crippen LogP contribution in [0.5, 0.6) is 11.5 Å². The lowest BCUT2D eigenvalue weighted by Gasteiger charge is -2.40. The van der Waals surface area contributed by atoms with Crippen LogP contribution in [0.1, 0.15) is 24.4 Å². The molecule has 1 saturated carbocycles. The van der Waals surface area contributed by atoms with Crippen LogP contribution in [0.3, 0.4) is 0 Å². The van der Waals surface area contributed by atoms with Gasteiger partial charge in [0.05, 0.1) is 14.2 Å². The Balaban J connectivity index is 1.64. The van der Waals surface area contributed by atoms with Gasteiger partial charge < -0.3 is 14.6 Å². The Morgan fingerprint density at radius 2 is 1.56 bits per heavy atom. The zero-order chi connectivity index (χ0) is 17.6. The number of carbonyl (C=O) groups is 1. The summed E-state index contributed by atoms with van der Waals surface area (Å²) in [4.78, 5) is 14.3. The third-order valence-corrected chi connectivity index (χ3v) is 6.27. The number of hydrogen-bond acceptors (Lipinski definition) is 4. The molecule has 25 heavy (non-hydrogen) atoms. The van der Waals surface area contributed by atoms with Gasteiger partial charge in [-0.1, -0.05) is 12.2 Å². The normalized spacial score (nSPS) is 31.6. The molecule has 3 aliphatic carbocycles. The number of carboxylic acids is 1. The standard InChI is InChI=1S/C20H25NO4/c1-24-15-7-14(8-16(9-15)25-2)19(20(22)23)21-10-17-12-3-4-13(6-5-12)18(17)11-21/h3-4,7-9,12-13,17-19H,5-6,10-11H2,1-2H3,(H,22,23). The zero-order valence-electron chi connectivity index (χ0n) is 14.7. The number of nitrogens with zero attached hydrogens (tertiary/aromatic N) is 1. The Hall–Kier alpha value is -2.01. The van der Waals surface area contributed by atoms with Crippen LogP contribution >= 0.6 is 0 Å². The third kappa shape index (κ3) is 2.80. The number of benzene rings is 1. The minimum Gasteiger partial charge on any atom is -0.497 e. The Kier molecular flexibility index (Phi) is 4.20. The van der Waals surface area contributed by atoms with E-state index in [1.165, 1.54) is 12.8 Å². The molecule has 1 heterocycles. The molecule has 0 aromatic heterocycles. The second-order valence-electron chi connectivity index (χ2n) is 7.46. The van der Waals surface area contributed by atoms with E-state index in [1.807, 2.05) is 12.1 Å². The van der Waals surface area contributed by atoms with Crippen LogP contribution in [0.2, 0.25) is 0 Å². The van der Waals surface area contributed by atoms with E-state index in [-0.39, 0.29) is 0 Å². The summed E-state index contributed by atoms with van der Waals surface area (Å²) in [5.41, 5.74) is 0.725. The summed E-state index contributed by atoms with van der Waals surface area (Å²) in [6.45, 7) is 1.71. The number of allylic oxidation sites excluding steroid dienone is 2. The second-order valence-corrected chi connectivity index (χ2v) is 7.46. The number of rotatable bonds is 5. The Morgan fingerprint density at radius 3 is 1.96 bits per heavy atom. The molecule has 1 saturated heterocycles. The van der Waals surface area contributed by atoms with Crippen LogP contribution in [0.15, 0.2) is 30.4 Å². The molecule has 2 bridgehead atoms. The molecule has 5 atom stereocenters. The Bertz CT molecular complexity index is 657. The first kappa shape index (κ1) is 16.5. The van der Waals surface area contributed by atoms with E-state index in [0.717, 1.165) is 18.7 Å². The lowest BCUT2D eigenvalue weighted by Crippen LogP contribution is -2.35. The average Bonchev–Trinajstić information content (AvgIpc) is 3.08. The van der Waals surface area contributed by atoms with Gasteiger partial charge in [0.25, 0.3) is 0 Å². The van der Waals surface area contributed by atoms with Crippen molar-refractivity contribution in [1.82, 2.24) is 4.90 Å². The number of ether oxygens (including phenoxy) is 2. The van der Waals surface area contributed by atoms with Crippen molar-refractivity contribution < 1.29 is 19.4 Å².